The van der Waals surface area contributed by atoms with Crippen LogP contribution in [0.2, 0.25) is 0 Å². The summed E-state index contributed by atoms with van der Waals surface area (Å²) in [7, 11) is 1.82. The third-order valence-electron chi connectivity index (χ3n) is 9.36. The molecular formula is C41H76O. The molecule has 0 aromatic heterocycles. The SMILES string of the molecule is COC(C)(C)CCC/C(C)=C/CC/C(C)=C/CC/C(C)=C/CCCC(C)CCCC(C)CCC[C@H](C)CCC=C(C)C. The molecule has 0 fully saturated rings. The maximum absolute atomic E-state index is 5.53. The van der Waals surface area contributed by atoms with Crippen molar-refractivity contribution in [2.24, 2.45) is 17.8 Å². The molecule has 0 aliphatic rings. The number of hydrogen-bond acceptors (Lipinski definition) is 1. The lowest BCUT2D eigenvalue weighted by molar-refractivity contribution is 0.0140. The minimum absolute atomic E-state index is 0.00706. The average Bonchev–Trinajstić information content (AvgIpc) is 2.91. The molecule has 0 heterocycles. The van der Waals surface area contributed by atoms with Gasteiger partial charge in [-0.3, -0.25) is 0 Å². The van der Waals surface area contributed by atoms with E-state index < -0.39 is 0 Å². The third kappa shape index (κ3) is 26.5. The molecule has 2 unspecified atom stereocenters. The van der Waals surface area contributed by atoms with Crippen LogP contribution in [0.5, 0.6) is 0 Å². The Hall–Kier alpha value is -1.08. The van der Waals surface area contributed by atoms with E-state index in [4.69, 9.17) is 4.74 Å². The molecule has 0 aliphatic heterocycles. The van der Waals surface area contributed by atoms with E-state index in [9.17, 15) is 0 Å². The van der Waals surface area contributed by atoms with Gasteiger partial charge in [-0.05, 0) is 137 Å². The van der Waals surface area contributed by atoms with Gasteiger partial charge in [0.2, 0.25) is 0 Å². The molecular weight excluding hydrogens is 508 g/mol. The first-order chi connectivity index (χ1) is 19.8. The van der Waals surface area contributed by atoms with E-state index in [2.05, 4.69) is 93.5 Å². The van der Waals surface area contributed by atoms with Crippen LogP contribution in [0.4, 0.5) is 0 Å². The number of rotatable bonds is 26. The first-order valence-corrected chi connectivity index (χ1v) is 18.0. The fraction of sp³-hybridized carbons (Fsp3) is 0.805. The summed E-state index contributed by atoms with van der Waals surface area (Å²) in [6.45, 7) is 23.1. The van der Waals surface area contributed by atoms with Gasteiger partial charge >= 0.3 is 0 Å². The molecule has 0 aromatic carbocycles. The normalized spacial score (nSPS) is 15.5. The Morgan fingerprint density at radius 1 is 0.524 bits per heavy atom. The van der Waals surface area contributed by atoms with Gasteiger partial charge in [0.15, 0.2) is 0 Å². The van der Waals surface area contributed by atoms with E-state index >= 15 is 0 Å². The van der Waals surface area contributed by atoms with Crippen molar-refractivity contribution in [1.82, 2.24) is 0 Å². The van der Waals surface area contributed by atoms with Crippen molar-refractivity contribution in [3.8, 4) is 0 Å². The summed E-state index contributed by atoms with van der Waals surface area (Å²) < 4.78 is 5.53. The highest BCUT2D eigenvalue weighted by Crippen LogP contribution is 2.23. The number of methoxy groups -OCH3 is 1. The molecule has 0 rings (SSSR count). The standard InChI is InChI=1S/C41H76O/c1-34(2)20-14-23-37(5)26-17-29-38(6)27-15-24-35(3)21-12-13-22-36(4)25-16-28-39(7)30-18-31-40(8)32-19-33-41(9,10)42-11/h20,22,28,31,35,37-38H,12-19,21,23-27,29-30,32-33H2,1-11H3/b36-22+,39-28+,40-31+/t35?,37-,38?/m1/s1. The van der Waals surface area contributed by atoms with Crippen molar-refractivity contribution in [1.29, 1.82) is 0 Å². The molecule has 0 aromatic rings. The minimum Gasteiger partial charge on any atom is -0.379 e. The van der Waals surface area contributed by atoms with Crippen LogP contribution in [0, 0.1) is 17.8 Å². The Morgan fingerprint density at radius 2 is 0.952 bits per heavy atom. The zero-order valence-corrected chi connectivity index (χ0v) is 30.7. The number of ether oxygens (including phenoxy) is 1. The van der Waals surface area contributed by atoms with Crippen LogP contribution in [-0.4, -0.2) is 12.7 Å². The molecule has 1 heteroatoms. The lowest BCUT2D eigenvalue weighted by Gasteiger charge is -2.22. The largest absolute Gasteiger partial charge is 0.379 e. The second-order valence-electron chi connectivity index (χ2n) is 15.0. The molecule has 0 bridgehead atoms. The van der Waals surface area contributed by atoms with Crippen LogP contribution in [0.3, 0.4) is 0 Å². The number of unbranched alkanes of at least 4 members (excludes halogenated alkanes) is 1. The van der Waals surface area contributed by atoms with Crippen LogP contribution in [-0.2, 0) is 4.74 Å². The van der Waals surface area contributed by atoms with E-state index in [1.807, 2.05) is 7.11 Å². The molecule has 0 spiro atoms. The Labute approximate surface area is 266 Å². The molecule has 0 amide bonds. The maximum atomic E-state index is 5.53. The third-order valence-corrected chi connectivity index (χ3v) is 9.36. The van der Waals surface area contributed by atoms with E-state index in [-0.39, 0.29) is 5.60 Å². The van der Waals surface area contributed by atoms with Crippen molar-refractivity contribution in [2.75, 3.05) is 7.11 Å². The van der Waals surface area contributed by atoms with Gasteiger partial charge in [0.25, 0.3) is 0 Å². The quantitative estimate of drug-likeness (QED) is 0.0725. The second-order valence-corrected chi connectivity index (χ2v) is 15.0. The Balaban J connectivity index is 3.92. The average molecular weight is 585 g/mol. The molecule has 0 N–H and O–H groups in total. The van der Waals surface area contributed by atoms with Crippen molar-refractivity contribution in [3.63, 3.8) is 0 Å². The number of hydrogen-bond donors (Lipinski definition) is 0. The second kappa shape index (κ2) is 25.3. The van der Waals surface area contributed by atoms with Gasteiger partial charge in [0, 0.05) is 7.11 Å². The molecule has 0 saturated heterocycles. The molecule has 1 nitrogen and oxygen atoms in total. The van der Waals surface area contributed by atoms with Crippen molar-refractivity contribution >= 4 is 0 Å². The minimum atomic E-state index is 0.00706. The van der Waals surface area contributed by atoms with E-state index in [1.165, 1.54) is 120 Å². The highest BCUT2D eigenvalue weighted by molar-refractivity contribution is 5.06. The van der Waals surface area contributed by atoms with E-state index in [1.54, 1.807) is 11.1 Å². The fourth-order valence-corrected chi connectivity index (χ4v) is 5.83. The van der Waals surface area contributed by atoms with Gasteiger partial charge in [0.1, 0.15) is 0 Å². The van der Waals surface area contributed by atoms with Crippen molar-refractivity contribution in [3.05, 3.63) is 46.6 Å². The topological polar surface area (TPSA) is 9.23 Å². The highest BCUT2D eigenvalue weighted by atomic mass is 16.5. The Morgan fingerprint density at radius 3 is 1.43 bits per heavy atom. The monoisotopic (exact) mass is 585 g/mol. The summed E-state index contributed by atoms with van der Waals surface area (Å²) in [5.41, 5.74) is 6.11. The Bertz CT molecular complexity index is 773. The van der Waals surface area contributed by atoms with Crippen molar-refractivity contribution < 1.29 is 4.74 Å². The predicted octanol–water partition coefficient (Wildman–Crippen LogP) is 14.1. The smallest absolute Gasteiger partial charge is 0.0622 e. The first-order valence-electron chi connectivity index (χ1n) is 18.0. The summed E-state index contributed by atoms with van der Waals surface area (Å²) in [6, 6.07) is 0. The lowest BCUT2D eigenvalue weighted by atomic mass is 9.91. The fourth-order valence-electron chi connectivity index (χ4n) is 5.83. The Kier molecular flexibility index (Phi) is 24.6. The van der Waals surface area contributed by atoms with Gasteiger partial charge in [-0.2, -0.15) is 0 Å². The lowest BCUT2D eigenvalue weighted by Crippen LogP contribution is -2.21. The van der Waals surface area contributed by atoms with Crippen LogP contribution in [0.15, 0.2) is 46.6 Å². The number of allylic oxidation sites excluding steroid dienone is 8. The van der Waals surface area contributed by atoms with Gasteiger partial charge < -0.3 is 4.74 Å². The summed E-state index contributed by atoms with van der Waals surface area (Å²) in [5.74, 6) is 2.65. The van der Waals surface area contributed by atoms with Gasteiger partial charge in [-0.15, -0.1) is 0 Å². The highest BCUT2D eigenvalue weighted by Gasteiger charge is 2.15. The summed E-state index contributed by atoms with van der Waals surface area (Å²) >= 11 is 0. The molecule has 0 saturated carbocycles. The zero-order chi connectivity index (χ0) is 31.8. The summed E-state index contributed by atoms with van der Waals surface area (Å²) in [5, 5.41) is 0. The van der Waals surface area contributed by atoms with Gasteiger partial charge in [-0.25, -0.2) is 0 Å². The molecule has 42 heavy (non-hydrogen) atoms. The van der Waals surface area contributed by atoms with Crippen molar-refractivity contribution in [2.45, 2.75) is 190 Å². The molecule has 0 radical (unpaired) electrons. The van der Waals surface area contributed by atoms with E-state index in [0.29, 0.717) is 0 Å². The summed E-state index contributed by atoms with van der Waals surface area (Å²) in [6.07, 6.45) is 33.2. The van der Waals surface area contributed by atoms with Gasteiger partial charge in [0.05, 0.1) is 5.60 Å². The first kappa shape index (κ1) is 40.9. The van der Waals surface area contributed by atoms with Crippen LogP contribution in [0.25, 0.3) is 0 Å². The predicted molar refractivity (Wildman–Crippen MR) is 192 cm³/mol. The molecule has 246 valence electrons. The van der Waals surface area contributed by atoms with Gasteiger partial charge in [-0.1, -0.05) is 112 Å². The van der Waals surface area contributed by atoms with Crippen LogP contribution in [0.1, 0.15) is 185 Å². The summed E-state index contributed by atoms with van der Waals surface area (Å²) in [4.78, 5) is 0. The molecule has 3 atom stereocenters. The molecule has 0 aliphatic carbocycles. The maximum Gasteiger partial charge on any atom is 0.0622 e. The zero-order valence-electron chi connectivity index (χ0n) is 30.7. The van der Waals surface area contributed by atoms with Crippen LogP contribution < -0.4 is 0 Å². The van der Waals surface area contributed by atoms with Crippen LogP contribution >= 0.6 is 0 Å². The van der Waals surface area contributed by atoms with E-state index in [0.717, 1.165) is 24.2 Å².